The molecule has 3 heteroatoms. The van der Waals surface area contributed by atoms with E-state index in [1.54, 1.807) is 32.1 Å². The van der Waals surface area contributed by atoms with E-state index in [0.29, 0.717) is 5.56 Å². The van der Waals surface area contributed by atoms with Gasteiger partial charge in [-0.25, -0.2) is 4.79 Å². The first-order valence-corrected chi connectivity index (χ1v) is 5.36. The summed E-state index contributed by atoms with van der Waals surface area (Å²) in [6.45, 7) is 7.17. The number of alkyl halides is 1. The third kappa shape index (κ3) is 3.88. The molecule has 0 atom stereocenters. The summed E-state index contributed by atoms with van der Waals surface area (Å²) in [6, 6.07) is 7.09. The van der Waals surface area contributed by atoms with Gasteiger partial charge >= 0.3 is 5.97 Å². The first-order chi connectivity index (χ1) is 6.92. The molecule has 2 nitrogen and oxygen atoms in total. The number of benzene rings is 1. The van der Waals surface area contributed by atoms with Crippen LogP contribution in [-0.2, 0) is 4.74 Å². The number of ether oxygens (including phenoxy) is 1. The predicted octanol–water partition coefficient (Wildman–Crippen LogP) is 3.62. The van der Waals surface area contributed by atoms with Gasteiger partial charge in [0.25, 0.3) is 0 Å². The minimum absolute atomic E-state index is 0.340. The lowest BCUT2D eigenvalue weighted by molar-refractivity contribution is 0.0315. The van der Waals surface area contributed by atoms with Gasteiger partial charge in [0.1, 0.15) is 0 Å². The first-order valence-electron chi connectivity index (χ1n) is 4.57. The van der Waals surface area contributed by atoms with Crippen molar-refractivity contribution in [2.24, 2.45) is 0 Å². The van der Waals surface area contributed by atoms with E-state index < -0.39 is 4.51 Å². The van der Waals surface area contributed by atoms with Crippen LogP contribution in [0, 0.1) is 0 Å². The molecule has 0 radical (unpaired) electrons. The molecule has 0 fully saturated rings. The highest BCUT2D eigenvalue weighted by Gasteiger charge is 2.19. The molecular weight excluding hydrogens is 256 g/mol. The second-order valence-corrected chi connectivity index (χ2v) is 5.49. The van der Waals surface area contributed by atoms with E-state index in [4.69, 9.17) is 4.74 Å². The van der Waals surface area contributed by atoms with Crippen molar-refractivity contribution in [3.63, 3.8) is 0 Å². The third-order valence-corrected chi connectivity index (χ3v) is 1.88. The highest BCUT2D eigenvalue weighted by atomic mass is 79.9. The molecule has 0 aliphatic rings. The lowest BCUT2D eigenvalue weighted by Crippen LogP contribution is -2.20. The summed E-state index contributed by atoms with van der Waals surface area (Å²) in [5.74, 6) is -0.340. The molecule has 0 spiro atoms. The van der Waals surface area contributed by atoms with Gasteiger partial charge < -0.3 is 4.74 Å². The molecule has 0 aromatic heterocycles. The maximum atomic E-state index is 11.6. The van der Waals surface area contributed by atoms with Gasteiger partial charge in [-0.15, -0.1) is 0 Å². The topological polar surface area (TPSA) is 26.3 Å². The van der Waals surface area contributed by atoms with Crippen molar-refractivity contribution in [1.82, 2.24) is 0 Å². The van der Waals surface area contributed by atoms with E-state index in [1.807, 2.05) is 12.1 Å². The van der Waals surface area contributed by atoms with Crippen LogP contribution in [0.3, 0.4) is 0 Å². The molecular formula is C12H13BrO2. The zero-order chi connectivity index (χ0) is 11.5. The molecule has 0 amide bonds. The highest BCUT2D eigenvalue weighted by Crippen LogP contribution is 2.19. The predicted molar refractivity (Wildman–Crippen MR) is 65.0 cm³/mol. The molecule has 0 bridgehead atoms. The Morgan fingerprint density at radius 3 is 2.33 bits per heavy atom. The highest BCUT2D eigenvalue weighted by molar-refractivity contribution is 9.10. The number of halogens is 1. The summed E-state index contributed by atoms with van der Waals surface area (Å²) in [5.41, 5.74) is 1.51. The largest absolute Gasteiger partial charge is 0.444 e. The van der Waals surface area contributed by atoms with Crippen molar-refractivity contribution in [3.8, 4) is 0 Å². The number of carbonyl (C=O) groups excluding carboxylic acids is 1. The molecule has 1 aromatic carbocycles. The van der Waals surface area contributed by atoms with E-state index >= 15 is 0 Å². The molecule has 0 heterocycles. The molecule has 15 heavy (non-hydrogen) atoms. The van der Waals surface area contributed by atoms with Crippen molar-refractivity contribution in [3.05, 3.63) is 42.0 Å². The maximum Gasteiger partial charge on any atom is 0.339 e. The van der Waals surface area contributed by atoms with Gasteiger partial charge in [0.15, 0.2) is 4.51 Å². The zero-order valence-corrected chi connectivity index (χ0v) is 10.4. The second-order valence-electron chi connectivity index (χ2n) is 3.58. The van der Waals surface area contributed by atoms with E-state index in [1.165, 1.54) is 0 Å². The molecule has 0 aliphatic carbocycles. The normalized spacial score (nSPS) is 10.9. The fraction of sp³-hybridized carbons (Fsp3) is 0.250. The minimum atomic E-state index is -0.638. The SMILES string of the molecule is C=Cc1ccc(C(=O)OC(C)(C)Br)cc1. The van der Waals surface area contributed by atoms with Gasteiger partial charge in [-0.05, 0) is 47.5 Å². The smallest absolute Gasteiger partial charge is 0.339 e. The molecule has 0 N–H and O–H groups in total. The van der Waals surface area contributed by atoms with Crippen molar-refractivity contribution >= 4 is 28.0 Å². The summed E-state index contributed by atoms with van der Waals surface area (Å²) in [6.07, 6.45) is 1.73. The minimum Gasteiger partial charge on any atom is -0.444 e. The number of carbonyl (C=O) groups is 1. The van der Waals surface area contributed by atoms with Gasteiger partial charge in [-0.2, -0.15) is 0 Å². The molecule has 1 rings (SSSR count). The van der Waals surface area contributed by atoms with Crippen molar-refractivity contribution in [2.75, 3.05) is 0 Å². The molecule has 0 unspecified atom stereocenters. The fourth-order valence-corrected chi connectivity index (χ4v) is 1.18. The number of rotatable bonds is 3. The lowest BCUT2D eigenvalue weighted by atomic mass is 10.1. The number of esters is 1. The summed E-state index contributed by atoms with van der Waals surface area (Å²) in [7, 11) is 0. The Kier molecular flexibility index (Phi) is 3.69. The molecule has 0 saturated heterocycles. The number of hydrogen-bond donors (Lipinski definition) is 0. The maximum absolute atomic E-state index is 11.6. The van der Waals surface area contributed by atoms with E-state index in [2.05, 4.69) is 22.5 Å². The van der Waals surface area contributed by atoms with Crippen LogP contribution in [0.15, 0.2) is 30.8 Å². The van der Waals surface area contributed by atoms with E-state index in [9.17, 15) is 4.79 Å². The monoisotopic (exact) mass is 268 g/mol. The average Bonchev–Trinajstić information content (AvgIpc) is 2.15. The average molecular weight is 269 g/mol. The van der Waals surface area contributed by atoms with Crippen molar-refractivity contribution in [1.29, 1.82) is 0 Å². The van der Waals surface area contributed by atoms with Crippen molar-refractivity contribution in [2.45, 2.75) is 18.4 Å². The Hall–Kier alpha value is -1.09. The van der Waals surface area contributed by atoms with Crippen LogP contribution in [0.1, 0.15) is 29.8 Å². The second kappa shape index (κ2) is 4.62. The van der Waals surface area contributed by atoms with Gasteiger partial charge in [0.2, 0.25) is 0 Å². The van der Waals surface area contributed by atoms with Gasteiger partial charge in [-0.3, -0.25) is 0 Å². The number of hydrogen-bond acceptors (Lipinski definition) is 2. The van der Waals surface area contributed by atoms with Crippen LogP contribution < -0.4 is 0 Å². The van der Waals surface area contributed by atoms with E-state index in [-0.39, 0.29) is 5.97 Å². The summed E-state index contributed by atoms with van der Waals surface area (Å²) in [4.78, 5) is 11.6. The summed E-state index contributed by atoms with van der Waals surface area (Å²) < 4.78 is 4.51. The molecule has 0 aliphatic heterocycles. The summed E-state index contributed by atoms with van der Waals surface area (Å²) >= 11 is 3.25. The first kappa shape index (κ1) is 12.0. The standard InChI is InChI=1S/C12H13BrO2/c1-4-9-5-7-10(8-6-9)11(14)15-12(2,3)13/h4-8H,1H2,2-3H3. The molecule has 80 valence electrons. The van der Waals surface area contributed by atoms with Crippen LogP contribution in [0.4, 0.5) is 0 Å². The fourth-order valence-electron chi connectivity index (χ4n) is 1.03. The van der Waals surface area contributed by atoms with Gasteiger partial charge in [0.05, 0.1) is 5.56 Å². The Labute approximate surface area is 98.1 Å². The Morgan fingerprint density at radius 2 is 1.93 bits per heavy atom. The molecule has 1 aromatic rings. The van der Waals surface area contributed by atoms with Crippen molar-refractivity contribution < 1.29 is 9.53 Å². The van der Waals surface area contributed by atoms with Crippen LogP contribution in [0.5, 0.6) is 0 Å². The zero-order valence-electron chi connectivity index (χ0n) is 8.79. The Bertz CT molecular complexity index is 360. The van der Waals surface area contributed by atoms with Gasteiger partial charge in [0, 0.05) is 0 Å². The Morgan fingerprint density at radius 1 is 1.40 bits per heavy atom. The lowest BCUT2D eigenvalue weighted by Gasteiger charge is -2.17. The van der Waals surface area contributed by atoms with Crippen LogP contribution in [0.25, 0.3) is 6.08 Å². The quantitative estimate of drug-likeness (QED) is 0.618. The van der Waals surface area contributed by atoms with E-state index in [0.717, 1.165) is 5.56 Å². The van der Waals surface area contributed by atoms with Gasteiger partial charge in [-0.1, -0.05) is 24.8 Å². The van der Waals surface area contributed by atoms with Crippen LogP contribution >= 0.6 is 15.9 Å². The summed E-state index contributed by atoms with van der Waals surface area (Å²) in [5, 5.41) is 0. The molecule has 0 saturated carbocycles. The van der Waals surface area contributed by atoms with Crippen LogP contribution in [-0.4, -0.2) is 10.5 Å². The van der Waals surface area contributed by atoms with Crippen LogP contribution in [0.2, 0.25) is 0 Å². The third-order valence-electron chi connectivity index (χ3n) is 1.72. The Balaban J connectivity index is 2.79.